The minimum Gasteiger partial charge on any atom is -0.306 e. The van der Waals surface area contributed by atoms with Crippen molar-refractivity contribution in [1.29, 1.82) is 0 Å². The molecule has 0 heterocycles. The molecule has 1 atom stereocenters. The molecule has 0 fully saturated rings. The second-order valence-electron chi connectivity index (χ2n) is 5.31. The fraction of sp³-hybridized carbons (Fsp3) is 0.333. The van der Waals surface area contributed by atoms with Gasteiger partial charge in [-0.25, -0.2) is 4.39 Å². The van der Waals surface area contributed by atoms with E-state index in [0.717, 1.165) is 24.1 Å². The molecule has 0 saturated heterocycles. The van der Waals surface area contributed by atoms with Crippen LogP contribution >= 0.6 is 0 Å². The average Bonchev–Trinajstić information content (AvgIpc) is 2.40. The van der Waals surface area contributed by atoms with Crippen LogP contribution in [0.2, 0.25) is 0 Å². The van der Waals surface area contributed by atoms with Crippen LogP contribution in [0.1, 0.15) is 41.6 Å². The van der Waals surface area contributed by atoms with Crippen molar-refractivity contribution >= 4 is 0 Å². The summed E-state index contributed by atoms with van der Waals surface area (Å²) < 4.78 is 13.7. The van der Waals surface area contributed by atoms with E-state index in [0.29, 0.717) is 0 Å². The Morgan fingerprint density at radius 1 is 1.10 bits per heavy atom. The Labute approximate surface area is 120 Å². The second-order valence-corrected chi connectivity index (χ2v) is 5.31. The number of aryl methyl sites for hydroxylation is 2. The van der Waals surface area contributed by atoms with Crippen LogP contribution in [0.15, 0.2) is 42.5 Å². The van der Waals surface area contributed by atoms with E-state index in [1.807, 2.05) is 19.1 Å². The minimum atomic E-state index is -0.170. The molecule has 0 aliphatic carbocycles. The summed E-state index contributed by atoms with van der Waals surface area (Å²) in [5.41, 5.74) is 4.39. The lowest BCUT2D eigenvalue weighted by Crippen LogP contribution is -2.24. The Hall–Kier alpha value is -1.67. The van der Waals surface area contributed by atoms with Crippen molar-refractivity contribution in [2.24, 2.45) is 0 Å². The zero-order valence-electron chi connectivity index (χ0n) is 12.4. The predicted molar refractivity (Wildman–Crippen MR) is 82.5 cm³/mol. The molecule has 0 saturated carbocycles. The van der Waals surface area contributed by atoms with E-state index in [2.05, 4.69) is 37.4 Å². The summed E-state index contributed by atoms with van der Waals surface area (Å²) in [4.78, 5) is 0. The van der Waals surface area contributed by atoms with E-state index in [9.17, 15) is 4.39 Å². The number of hydrogen-bond donors (Lipinski definition) is 1. The zero-order chi connectivity index (χ0) is 14.5. The number of benzene rings is 2. The number of hydrogen-bond acceptors (Lipinski definition) is 1. The molecule has 0 bridgehead atoms. The lowest BCUT2D eigenvalue weighted by atomic mass is 9.94. The largest absolute Gasteiger partial charge is 0.306 e. The standard InChI is InChI=1S/C18H22FN/c1-4-9-20-18(17-8-6-5-7-14(17)3)15-10-13(2)11-16(19)12-15/h5-8,10-12,18,20H,4,9H2,1-3H3. The maximum Gasteiger partial charge on any atom is 0.123 e. The molecular weight excluding hydrogens is 249 g/mol. The van der Waals surface area contributed by atoms with Gasteiger partial charge in [-0.3, -0.25) is 0 Å². The number of nitrogens with one attached hydrogen (secondary N) is 1. The minimum absolute atomic E-state index is 0.0468. The Balaban J connectivity index is 2.44. The zero-order valence-corrected chi connectivity index (χ0v) is 12.4. The lowest BCUT2D eigenvalue weighted by Gasteiger charge is -2.22. The Kier molecular flexibility index (Phi) is 4.91. The molecule has 0 spiro atoms. The summed E-state index contributed by atoms with van der Waals surface area (Å²) in [6, 6.07) is 13.6. The molecule has 2 rings (SSSR count). The fourth-order valence-corrected chi connectivity index (χ4v) is 2.54. The Bertz CT molecular complexity index is 557. The van der Waals surface area contributed by atoms with Crippen molar-refractivity contribution in [3.63, 3.8) is 0 Å². The molecule has 1 unspecified atom stereocenters. The van der Waals surface area contributed by atoms with E-state index < -0.39 is 0 Å². The van der Waals surface area contributed by atoms with Crippen LogP contribution in [-0.4, -0.2) is 6.54 Å². The van der Waals surface area contributed by atoms with Crippen molar-refractivity contribution in [2.45, 2.75) is 33.2 Å². The highest BCUT2D eigenvalue weighted by Gasteiger charge is 2.16. The monoisotopic (exact) mass is 271 g/mol. The van der Waals surface area contributed by atoms with Crippen molar-refractivity contribution in [1.82, 2.24) is 5.32 Å². The van der Waals surface area contributed by atoms with Crippen molar-refractivity contribution < 1.29 is 4.39 Å². The van der Waals surface area contributed by atoms with Gasteiger partial charge < -0.3 is 5.32 Å². The molecule has 2 heteroatoms. The molecule has 106 valence electrons. The third-order valence-electron chi connectivity index (χ3n) is 3.50. The van der Waals surface area contributed by atoms with E-state index in [-0.39, 0.29) is 11.9 Å². The number of rotatable bonds is 5. The van der Waals surface area contributed by atoms with Gasteiger partial charge in [0.2, 0.25) is 0 Å². The number of halogens is 1. The molecule has 1 N–H and O–H groups in total. The molecular formula is C18H22FN. The molecule has 2 aromatic rings. The van der Waals surface area contributed by atoms with E-state index in [4.69, 9.17) is 0 Å². The highest BCUT2D eigenvalue weighted by Crippen LogP contribution is 2.26. The van der Waals surface area contributed by atoms with Crippen LogP contribution in [0.3, 0.4) is 0 Å². The first kappa shape index (κ1) is 14.7. The van der Waals surface area contributed by atoms with E-state index in [1.165, 1.54) is 11.1 Å². The van der Waals surface area contributed by atoms with Crippen molar-refractivity contribution in [3.05, 3.63) is 70.5 Å². The predicted octanol–water partition coefficient (Wildman–Crippen LogP) is 4.53. The van der Waals surface area contributed by atoms with Gasteiger partial charge in [-0.2, -0.15) is 0 Å². The highest BCUT2D eigenvalue weighted by atomic mass is 19.1. The first-order valence-corrected chi connectivity index (χ1v) is 7.18. The van der Waals surface area contributed by atoms with Gasteiger partial charge in [-0.15, -0.1) is 0 Å². The van der Waals surface area contributed by atoms with E-state index >= 15 is 0 Å². The normalized spacial score (nSPS) is 12.4. The van der Waals surface area contributed by atoms with Gasteiger partial charge in [-0.1, -0.05) is 37.3 Å². The third-order valence-corrected chi connectivity index (χ3v) is 3.50. The van der Waals surface area contributed by atoms with Crippen LogP contribution < -0.4 is 5.32 Å². The molecule has 0 aliphatic heterocycles. The highest BCUT2D eigenvalue weighted by molar-refractivity contribution is 5.38. The van der Waals surface area contributed by atoms with Crippen LogP contribution in [0.25, 0.3) is 0 Å². The molecule has 0 radical (unpaired) electrons. The van der Waals surface area contributed by atoms with Crippen LogP contribution in [0.4, 0.5) is 4.39 Å². The fourth-order valence-electron chi connectivity index (χ4n) is 2.54. The van der Waals surface area contributed by atoms with Crippen molar-refractivity contribution in [2.75, 3.05) is 6.54 Å². The average molecular weight is 271 g/mol. The Morgan fingerprint density at radius 3 is 2.50 bits per heavy atom. The van der Waals surface area contributed by atoms with Crippen LogP contribution in [0, 0.1) is 19.7 Å². The van der Waals surface area contributed by atoms with Gasteiger partial charge in [0, 0.05) is 0 Å². The maximum absolute atomic E-state index is 13.7. The topological polar surface area (TPSA) is 12.0 Å². The van der Waals surface area contributed by atoms with Crippen LogP contribution in [0.5, 0.6) is 0 Å². The smallest absolute Gasteiger partial charge is 0.123 e. The van der Waals surface area contributed by atoms with Gasteiger partial charge in [0.25, 0.3) is 0 Å². The third kappa shape index (κ3) is 3.45. The van der Waals surface area contributed by atoms with Gasteiger partial charge in [0.05, 0.1) is 6.04 Å². The first-order valence-electron chi connectivity index (χ1n) is 7.18. The van der Waals surface area contributed by atoms with Gasteiger partial charge >= 0.3 is 0 Å². The summed E-state index contributed by atoms with van der Waals surface area (Å²) >= 11 is 0. The molecule has 2 aromatic carbocycles. The molecule has 1 nitrogen and oxygen atoms in total. The lowest BCUT2D eigenvalue weighted by molar-refractivity contribution is 0.583. The quantitative estimate of drug-likeness (QED) is 0.842. The van der Waals surface area contributed by atoms with Crippen LogP contribution in [-0.2, 0) is 0 Å². The Morgan fingerprint density at radius 2 is 1.85 bits per heavy atom. The molecule has 0 aromatic heterocycles. The molecule has 20 heavy (non-hydrogen) atoms. The van der Waals surface area contributed by atoms with Gasteiger partial charge in [0.1, 0.15) is 5.82 Å². The molecule has 0 aliphatic rings. The first-order chi connectivity index (χ1) is 9.61. The maximum atomic E-state index is 13.7. The van der Waals surface area contributed by atoms with Crippen molar-refractivity contribution in [3.8, 4) is 0 Å². The van der Waals surface area contributed by atoms with Gasteiger partial charge in [0.15, 0.2) is 0 Å². The SMILES string of the molecule is CCCNC(c1cc(C)cc(F)c1)c1ccccc1C. The van der Waals surface area contributed by atoms with E-state index in [1.54, 1.807) is 12.1 Å². The molecule has 0 amide bonds. The second kappa shape index (κ2) is 6.67. The summed E-state index contributed by atoms with van der Waals surface area (Å²) in [5.74, 6) is -0.170. The van der Waals surface area contributed by atoms with Gasteiger partial charge in [-0.05, 0) is 61.2 Å². The summed E-state index contributed by atoms with van der Waals surface area (Å²) in [6.07, 6.45) is 1.05. The summed E-state index contributed by atoms with van der Waals surface area (Å²) in [6.45, 7) is 7.08. The summed E-state index contributed by atoms with van der Waals surface area (Å²) in [5, 5.41) is 3.53. The summed E-state index contributed by atoms with van der Waals surface area (Å²) in [7, 11) is 0.